The Morgan fingerprint density at radius 1 is 1.00 bits per heavy atom. The predicted molar refractivity (Wildman–Crippen MR) is 123 cm³/mol. The Labute approximate surface area is 186 Å². The van der Waals surface area contributed by atoms with Crippen LogP contribution in [0.4, 0.5) is 5.82 Å². The summed E-state index contributed by atoms with van der Waals surface area (Å²) in [5.41, 5.74) is 5.04. The molecule has 1 aliphatic rings. The van der Waals surface area contributed by atoms with Crippen LogP contribution in [0.5, 0.6) is 0 Å². The van der Waals surface area contributed by atoms with Gasteiger partial charge in [0.2, 0.25) is 0 Å². The third-order valence-electron chi connectivity index (χ3n) is 5.80. The van der Waals surface area contributed by atoms with Crippen LogP contribution in [-0.4, -0.2) is 62.4 Å². The molecule has 1 saturated heterocycles. The van der Waals surface area contributed by atoms with Crippen LogP contribution in [0.15, 0.2) is 67.3 Å². The zero-order valence-electron chi connectivity index (χ0n) is 17.9. The summed E-state index contributed by atoms with van der Waals surface area (Å²) >= 11 is 0. The zero-order chi connectivity index (χ0) is 21.9. The van der Waals surface area contributed by atoms with Crippen molar-refractivity contribution < 1.29 is 9.84 Å². The maximum absolute atomic E-state index is 9.84. The number of morpholine rings is 1. The molecular formula is C24H26N6O2. The van der Waals surface area contributed by atoms with Gasteiger partial charge in [-0.3, -0.25) is 9.47 Å². The summed E-state index contributed by atoms with van der Waals surface area (Å²) in [6.45, 7) is 2.07. The van der Waals surface area contributed by atoms with Crippen LogP contribution >= 0.6 is 0 Å². The Morgan fingerprint density at radius 2 is 1.78 bits per heavy atom. The lowest BCUT2D eigenvalue weighted by molar-refractivity contribution is -0.135. The molecule has 0 spiro atoms. The number of aliphatic hydroxyl groups is 1. The first-order chi connectivity index (χ1) is 15.7. The van der Waals surface area contributed by atoms with Crippen molar-refractivity contribution in [1.82, 2.24) is 24.4 Å². The highest BCUT2D eigenvalue weighted by atomic mass is 16.5. The first-order valence-corrected chi connectivity index (χ1v) is 10.7. The quantitative estimate of drug-likeness (QED) is 0.486. The largest absolute Gasteiger partial charge is 0.394 e. The summed E-state index contributed by atoms with van der Waals surface area (Å²) in [7, 11) is 1.81. The molecule has 164 valence electrons. The van der Waals surface area contributed by atoms with Gasteiger partial charge in [0.1, 0.15) is 18.1 Å². The number of aromatic nitrogens is 4. The van der Waals surface area contributed by atoms with Crippen LogP contribution in [-0.2, 0) is 11.3 Å². The van der Waals surface area contributed by atoms with Crippen molar-refractivity contribution >= 4 is 17.0 Å². The number of anilines is 1. The fraction of sp³-hybridized carbons (Fsp3) is 0.292. The van der Waals surface area contributed by atoms with E-state index >= 15 is 0 Å². The van der Waals surface area contributed by atoms with E-state index in [-0.39, 0.29) is 18.9 Å². The average Bonchev–Trinajstić information content (AvgIpc) is 3.29. The molecule has 2 aromatic carbocycles. The first kappa shape index (κ1) is 20.6. The molecule has 5 rings (SSSR count). The van der Waals surface area contributed by atoms with Crippen LogP contribution in [0, 0.1) is 0 Å². The van der Waals surface area contributed by atoms with Crippen molar-refractivity contribution in [1.29, 1.82) is 0 Å². The molecule has 3 heterocycles. The molecule has 2 N–H and O–H groups in total. The molecule has 0 radical (unpaired) electrons. The van der Waals surface area contributed by atoms with Gasteiger partial charge in [0, 0.05) is 26.7 Å². The number of fused-ring (bicyclic) bond motifs is 1. The summed E-state index contributed by atoms with van der Waals surface area (Å²) in [4.78, 5) is 15.4. The summed E-state index contributed by atoms with van der Waals surface area (Å²) in [5.74, 6) is 0.679. The minimum Gasteiger partial charge on any atom is -0.394 e. The van der Waals surface area contributed by atoms with Crippen molar-refractivity contribution in [3.8, 4) is 11.1 Å². The van der Waals surface area contributed by atoms with Gasteiger partial charge in [-0.05, 0) is 16.7 Å². The van der Waals surface area contributed by atoms with Crippen LogP contribution in [0.3, 0.4) is 0 Å². The Kier molecular flexibility index (Phi) is 5.81. The van der Waals surface area contributed by atoms with Gasteiger partial charge in [-0.25, -0.2) is 15.0 Å². The highest BCUT2D eigenvalue weighted by molar-refractivity contribution is 5.82. The second kappa shape index (κ2) is 9.04. The molecule has 0 bridgehead atoms. The Morgan fingerprint density at radius 3 is 2.53 bits per heavy atom. The highest BCUT2D eigenvalue weighted by Crippen LogP contribution is 2.27. The van der Waals surface area contributed by atoms with E-state index < -0.39 is 0 Å². The normalized spacial score (nSPS) is 19.3. The van der Waals surface area contributed by atoms with E-state index in [1.54, 1.807) is 6.33 Å². The lowest BCUT2D eigenvalue weighted by Gasteiger charge is -2.38. The number of rotatable bonds is 6. The molecular weight excluding hydrogens is 404 g/mol. The number of nitrogens with zero attached hydrogens (tertiary/aromatic N) is 5. The number of benzene rings is 2. The van der Waals surface area contributed by atoms with Crippen LogP contribution in [0.1, 0.15) is 11.8 Å². The van der Waals surface area contributed by atoms with Crippen LogP contribution < -0.4 is 5.32 Å². The molecule has 8 nitrogen and oxygen atoms in total. The van der Waals surface area contributed by atoms with Crippen molar-refractivity contribution in [2.24, 2.45) is 0 Å². The summed E-state index contributed by atoms with van der Waals surface area (Å²) < 4.78 is 8.08. The number of aliphatic hydroxyl groups excluding tert-OH is 1. The Bertz CT molecular complexity index is 1180. The number of hydrogen-bond acceptors (Lipinski definition) is 7. The minimum atomic E-state index is -0.297. The lowest BCUT2D eigenvalue weighted by Crippen LogP contribution is -2.46. The third kappa shape index (κ3) is 4.08. The average molecular weight is 431 g/mol. The van der Waals surface area contributed by atoms with Crippen molar-refractivity contribution in [2.75, 3.05) is 32.1 Å². The third-order valence-corrected chi connectivity index (χ3v) is 5.80. The van der Waals surface area contributed by atoms with Gasteiger partial charge in [0.25, 0.3) is 0 Å². The molecule has 0 unspecified atom stereocenters. The van der Waals surface area contributed by atoms with Gasteiger partial charge in [-0.15, -0.1) is 0 Å². The summed E-state index contributed by atoms with van der Waals surface area (Å²) in [6, 6.07) is 19.0. The lowest BCUT2D eigenvalue weighted by atomic mass is 10.0. The molecule has 0 saturated carbocycles. The van der Waals surface area contributed by atoms with Gasteiger partial charge in [-0.1, -0.05) is 54.6 Å². The Hall–Kier alpha value is -3.33. The molecule has 4 aromatic rings. The number of ether oxygens (including phenoxy) is 1. The highest BCUT2D eigenvalue weighted by Gasteiger charge is 2.30. The molecule has 32 heavy (non-hydrogen) atoms. The summed E-state index contributed by atoms with van der Waals surface area (Å²) in [6.07, 6.45) is 2.68. The van der Waals surface area contributed by atoms with Gasteiger partial charge in [-0.2, -0.15) is 0 Å². The topological polar surface area (TPSA) is 88.3 Å². The van der Waals surface area contributed by atoms with Crippen molar-refractivity contribution in [3.05, 3.63) is 72.8 Å². The molecule has 8 heteroatoms. The van der Waals surface area contributed by atoms with Gasteiger partial charge in [0.05, 0.1) is 19.0 Å². The molecule has 1 aliphatic heterocycles. The van der Waals surface area contributed by atoms with E-state index in [4.69, 9.17) is 4.74 Å². The second-order valence-electron chi connectivity index (χ2n) is 7.95. The molecule has 1 fully saturated rings. The van der Waals surface area contributed by atoms with E-state index in [9.17, 15) is 5.11 Å². The Balaban J connectivity index is 1.35. The predicted octanol–water partition coefficient (Wildman–Crippen LogP) is 2.93. The maximum atomic E-state index is 9.84. The first-order valence-electron chi connectivity index (χ1n) is 10.7. The minimum absolute atomic E-state index is 0.0384. The standard InChI is InChI=1S/C24H26N6O2/c1-25-23-22-24(27-15-26-23)30(16-28-22)21-13-29(12-20(14-31)32-21)11-17-7-9-19(10-8-17)18-5-3-2-4-6-18/h2-10,15-16,20-21,31H,11-14H2,1H3,(H,25,26,27)/t20-,21+/m0/s1. The zero-order valence-corrected chi connectivity index (χ0v) is 17.9. The van der Waals surface area contributed by atoms with Gasteiger partial charge >= 0.3 is 0 Å². The van der Waals surface area contributed by atoms with Crippen molar-refractivity contribution in [3.63, 3.8) is 0 Å². The second-order valence-corrected chi connectivity index (χ2v) is 7.95. The maximum Gasteiger partial charge on any atom is 0.167 e. The number of imidazole rings is 1. The van der Waals surface area contributed by atoms with E-state index in [2.05, 4.69) is 73.7 Å². The van der Waals surface area contributed by atoms with Crippen LogP contribution in [0.2, 0.25) is 0 Å². The fourth-order valence-corrected chi connectivity index (χ4v) is 4.21. The summed E-state index contributed by atoms with van der Waals surface area (Å²) in [5, 5.41) is 12.9. The molecule has 0 aliphatic carbocycles. The van der Waals surface area contributed by atoms with Crippen molar-refractivity contribution in [2.45, 2.75) is 18.9 Å². The number of hydrogen-bond donors (Lipinski definition) is 2. The van der Waals surface area contributed by atoms with E-state index in [1.165, 1.54) is 23.0 Å². The van der Waals surface area contributed by atoms with Crippen LogP contribution in [0.25, 0.3) is 22.3 Å². The molecule has 2 aromatic heterocycles. The van der Waals surface area contributed by atoms with E-state index in [1.807, 2.05) is 17.7 Å². The SMILES string of the molecule is CNc1ncnc2c1ncn2[C@H]1CN(Cc2ccc(-c3ccccc3)cc2)C[C@@H](CO)O1. The van der Waals surface area contributed by atoms with E-state index in [0.29, 0.717) is 30.1 Å². The number of nitrogens with one attached hydrogen (secondary N) is 1. The smallest absolute Gasteiger partial charge is 0.167 e. The fourth-order valence-electron chi connectivity index (χ4n) is 4.21. The molecule has 0 amide bonds. The van der Waals surface area contributed by atoms with E-state index in [0.717, 1.165) is 6.54 Å². The monoisotopic (exact) mass is 430 g/mol. The van der Waals surface area contributed by atoms with Gasteiger partial charge in [0.15, 0.2) is 11.5 Å². The van der Waals surface area contributed by atoms with Gasteiger partial charge < -0.3 is 15.2 Å². The molecule has 2 atom stereocenters.